The predicted octanol–water partition coefficient (Wildman–Crippen LogP) is 0.0956. The third-order valence-electron chi connectivity index (χ3n) is 2.28. The number of aliphatic hydroxyl groups excluding tert-OH is 1. The van der Waals surface area contributed by atoms with Crippen molar-refractivity contribution in [2.45, 2.75) is 25.9 Å². The fraction of sp³-hybridized carbons (Fsp3) is 0.909. The Bertz CT molecular complexity index is 198. The highest BCUT2D eigenvalue weighted by atomic mass is 16.4. The maximum Gasteiger partial charge on any atom is 0.306 e. The molecular formula is C11H24N2O3. The first-order valence-corrected chi connectivity index (χ1v) is 5.72. The summed E-state index contributed by atoms with van der Waals surface area (Å²) in [5.41, 5.74) is 0. The smallest absolute Gasteiger partial charge is 0.306 e. The lowest BCUT2D eigenvalue weighted by Crippen LogP contribution is -2.38. The first-order valence-electron chi connectivity index (χ1n) is 5.72. The minimum Gasteiger partial charge on any atom is -0.481 e. The second-order valence-corrected chi connectivity index (χ2v) is 4.36. The number of aliphatic carboxylic acids is 1. The summed E-state index contributed by atoms with van der Waals surface area (Å²) in [5.74, 6) is -0.948. The molecule has 0 spiro atoms. The summed E-state index contributed by atoms with van der Waals surface area (Å²) in [6, 6.07) is 0. The van der Waals surface area contributed by atoms with Crippen LogP contribution >= 0.6 is 0 Å². The Labute approximate surface area is 97.7 Å². The molecule has 0 radical (unpaired) electrons. The summed E-state index contributed by atoms with van der Waals surface area (Å²) in [5, 5.41) is 18.1. The van der Waals surface area contributed by atoms with E-state index >= 15 is 0 Å². The molecule has 2 N–H and O–H groups in total. The lowest BCUT2D eigenvalue weighted by Gasteiger charge is -2.25. The quantitative estimate of drug-likeness (QED) is 0.590. The van der Waals surface area contributed by atoms with Gasteiger partial charge >= 0.3 is 5.97 Å². The van der Waals surface area contributed by atoms with Crippen LogP contribution in [0.2, 0.25) is 0 Å². The Morgan fingerprint density at radius 2 is 1.88 bits per heavy atom. The first kappa shape index (κ1) is 15.3. The highest BCUT2D eigenvalue weighted by Crippen LogP contribution is 1.99. The minimum atomic E-state index is -0.948. The Hall–Kier alpha value is -0.650. The molecule has 0 saturated carbocycles. The molecule has 96 valence electrons. The van der Waals surface area contributed by atoms with Crippen LogP contribution in [0.1, 0.15) is 19.8 Å². The van der Waals surface area contributed by atoms with Crippen molar-refractivity contribution >= 4 is 5.97 Å². The van der Waals surface area contributed by atoms with Crippen LogP contribution in [0, 0.1) is 0 Å². The molecule has 0 saturated heterocycles. The summed E-state index contributed by atoms with van der Waals surface area (Å²) in [4.78, 5) is 14.6. The number of hydrogen-bond acceptors (Lipinski definition) is 4. The summed E-state index contributed by atoms with van der Waals surface area (Å²) in [7, 11) is 4.00. The molecule has 0 aromatic heterocycles. The molecule has 0 fully saturated rings. The zero-order valence-electron chi connectivity index (χ0n) is 10.5. The third kappa shape index (κ3) is 8.64. The van der Waals surface area contributed by atoms with Gasteiger partial charge in [-0.05, 0) is 27.1 Å². The van der Waals surface area contributed by atoms with Gasteiger partial charge in [-0.3, -0.25) is 9.69 Å². The zero-order chi connectivity index (χ0) is 12.6. The Kier molecular flexibility index (Phi) is 8.15. The van der Waals surface area contributed by atoms with Crippen molar-refractivity contribution in [3.63, 3.8) is 0 Å². The average molecular weight is 232 g/mol. The van der Waals surface area contributed by atoms with Gasteiger partial charge in [-0.1, -0.05) is 6.92 Å². The van der Waals surface area contributed by atoms with E-state index in [0.717, 1.165) is 26.1 Å². The van der Waals surface area contributed by atoms with Crippen molar-refractivity contribution in [3.05, 3.63) is 0 Å². The van der Waals surface area contributed by atoms with Gasteiger partial charge < -0.3 is 15.1 Å². The predicted molar refractivity (Wildman–Crippen MR) is 63.5 cm³/mol. The van der Waals surface area contributed by atoms with Gasteiger partial charge in [0.05, 0.1) is 12.5 Å². The topological polar surface area (TPSA) is 64.0 Å². The number of nitrogens with zero attached hydrogens (tertiary/aromatic N) is 2. The number of carboxylic acids is 1. The van der Waals surface area contributed by atoms with Crippen LogP contribution in [0.3, 0.4) is 0 Å². The molecule has 0 bridgehead atoms. The number of aliphatic hydroxyl groups is 1. The van der Waals surface area contributed by atoms with Crippen molar-refractivity contribution < 1.29 is 15.0 Å². The normalized spacial score (nSPS) is 13.4. The van der Waals surface area contributed by atoms with Crippen LogP contribution in [0.25, 0.3) is 0 Å². The Balaban J connectivity index is 3.95. The molecule has 0 aliphatic rings. The fourth-order valence-corrected chi connectivity index (χ4v) is 1.52. The first-order chi connectivity index (χ1) is 7.45. The molecule has 0 aromatic rings. The molecular weight excluding hydrogens is 208 g/mol. The maximum absolute atomic E-state index is 10.4. The molecule has 0 aliphatic carbocycles. The van der Waals surface area contributed by atoms with E-state index in [4.69, 9.17) is 5.11 Å². The van der Waals surface area contributed by atoms with Crippen molar-refractivity contribution in [3.8, 4) is 0 Å². The largest absolute Gasteiger partial charge is 0.481 e. The lowest BCUT2D eigenvalue weighted by atomic mass is 10.2. The molecule has 1 atom stereocenters. The fourth-order valence-electron chi connectivity index (χ4n) is 1.52. The molecule has 0 rings (SSSR count). The Morgan fingerprint density at radius 3 is 2.31 bits per heavy atom. The molecule has 16 heavy (non-hydrogen) atoms. The van der Waals surface area contributed by atoms with E-state index < -0.39 is 12.1 Å². The van der Waals surface area contributed by atoms with E-state index in [1.54, 1.807) is 0 Å². The highest BCUT2D eigenvalue weighted by Gasteiger charge is 2.14. The van der Waals surface area contributed by atoms with Crippen molar-refractivity contribution in [2.24, 2.45) is 0 Å². The third-order valence-corrected chi connectivity index (χ3v) is 2.28. The van der Waals surface area contributed by atoms with Crippen LogP contribution in [-0.2, 0) is 4.79 Å². The number of rotatable bonds is 9. The van der Waals surface area contributed by atoms with E-state index in [-0.39, 0.29) is 6.42 Å². The van der Waals surface area contributed by atoms with E-state index in [9.17, 15) is 9.90 Å². The Morgan fingerprint density at radius 1 is 1.25 bits per heavy atom. The SMILES string of the molecule is CCCN(CCN(C)C)CC(O)CC(=O)O. The van der Waals surface area contributed by atoms with Crippen LogP contribution in [-0.4, -0.2) is 72.4 Å². The number of likely N-dealkylation sites (N-methyl/N-ethyl adjacent to an activating group) is 1. The standard InChI is InChI=1S/C11H24N2O3/c1-4-5-13(7-6-12(2)3)9-10(14)8-11(15)16/h10,14H,4-9H2,1-3H3,(H,15,16). The van der Waals surface area contributed by atoms with Crippen molar-refractivity contribution in [2.75, 3.05) is 40.3 Å². The second kappa shape index (κ2) is 8.50. The molecule has 0 amide bonds. The van der Waals surface area contributed by atoms with E-state index in [0.29, 0.717) is 6.54 Å². The van der Waals surface area contributed by atoms with Gasteiger partial charge in [0.15, 0.2) is 0 Å². The van der Waals surface area contributed by atoms with Gasteiger partial charge in [-0.25, -0.2) is 0 Å². The van der Waals surface area contributed by atoms with Crippen LogP contribution in [0.5, 0.6) is 0 Å². The van der Waals surface area contributed by atoms with Crippen molar-refractivity contribution in [1.82, 2.24) is 9.80 Å². The molecule has 5 nitrogen and oxygen atoms in total. The van der Waals surface area contributed by atoms with Gasteiger partial charge in [-0.2, -0.15) is 0 Å². The monoisotopic (exact) mass is 232 g/mol. The molecule has 5 heteroatoms. The summed E-state index contributed by atoms with van der Waals surface area (Å²) >= 11 is 0. The lowest BCUT2D eigenvalue weighted by molar-refractivity contribution is -0.139. The van der Waals surface area contributed by atoms with E-state index in [1.807, 2.05) is 14.1 Å². The minimum absolute atomic E-state index is 0.178. The highest BCUT2D eigenvalue weighted by molar-refractivity contribution is 5.67. The van der Waals surface area contributed by atoms with Gasteiger partial charge in [0.2, 0.25) is 0 Å². The average Bonchev–Trinajstić information content (AvgIpc) is 2.13. The van der Waals surface area contributed by atoms with Crippen molar-refractivity contribution in [1.29, 1.82) is 0 Å². The number of carbonyl (C=O) groups is 1. The summed E-state index contributed by atoms with van der Waals surface area (Å²) in [6.07, 6.45) is 0.0567. The maximum atomic E-state index is 10.4. The van der Waals surface area contributed by atoms with Crippen LogP contribution < -0.4 is 0 Å². The zero-order valence-corrected chi connectivity index (χ0v) is 10.5. The summed E-state index contributed by atoms with van der Waals surface area (Å²) in [6.45, 7) is 5.18. The molecule has 0 heterocycles. The van der Waals surface area contributed by atoms with Gasteiger partial charge in [0.1, 0.15) is 0 Å². The van der Waals surface area contributed by atoms with Gasteiger partial charge in [0, 0.05) is 19.6 Å². The van der Waals surface area contributed by atoms with Gasteiger partial charge in [-0.15, -0.1) is 0 Å². The number of carboxylic acid groups (broad SMARTS) is 1. The number of hydrogen-bond donors (Lipinski definition) is 2. The van der Waals surface area contributed by atoms with Crippen LogP contribution in [0.4, 0.5) is 0 Å². The van der Waals surface area contributed by atoms with Crippen LogP contribution in [0.15, 0.2) is 0 Å². The molecule has 1 unspecified atom stereocenters. The molecule has 0 aliphatic heterocycles. The molecule has 0 aromatic carbocycles. The van der Waals surface area contributed by atoms with E-state index in [2.05, 4.69) is 16.7 Å². The van der Waals surface area contributed by atoms with E-state index in [1.165, 1.54) is 0 Å². The summed E-state index contributed by atoms with van der Waals surface area (Å²) < 4.78 is 0. The second-order valence-electron chi connectivity index (χ2n) is 4.36. The van der Waals surface area contributed by atoms with Gasteiger partial charge in [0.25, 0.3) is 0 Å².